The summed E-state index contributed by atoms with van der Waals surface area (Å²) in [6.07, 6.45) is 1.39. The number of hydrogen-bond acceptors (Lipinski definition) is 5. The first kappa shape index (κ1) is 26.6. The lowest BCUT2D eigenvalue weighted by atomic mass is 9.80. The summed E-state index contributed by atoms with van der Waals surface area (Å²) < 4.78 is 30.9. The smallest absolute Gasteiger partial charge is 0.255 e. The molecule has 0 radical (unpaired) electrons. The topological polar surface area (TPSA) is 92.8 Å². The molecule has 8 heteroatoms. The molecule has 1 aromatic heterocycles. The van der Waals surface area contributed by atoms with E-state index in [-0.39, 0.29) is 24.4 Å². The summed E-state index contributed by atoms with van der Waals surface area (Å²) in [5.41, 5.74) is 3.87. The summed E-state index contributed by atoms with van der Waals surface area (Å²) in [5, 5.41) is 14.4. The summed E-state index contributed by atoms with van der Waals surface area (Å²) in [6, 6.07) is 15.7. The Balaban J connectivity index is 1.50. The summed E-state index contributed by atoms with van der Waals surface area (Å²) in [4.78, 5) is 17.2. The van der Waals surface area contributed by atoms with Gasteiger partial charge in [-0.2, -0.15) is 0 Å². The molecule has 1 aliphatic rings. The number of methoxy groups -OCH3 is 2. The monoisotopic (exact) mass is 532 g/mol. The number of H-pyrrole nitrogens is 1. The van der Waals surface area contributed by atoms with Gasteiger partial charge in [0.05, 0.1) is 38.0 Å². The Hall–Kier alpha value is -4.04. The first-order valence-electron chi connectivity index (χ1n) is 13.0. The van der Waals surface area contributed by atoms with Crippen molar-refractivity contribution in [2.24, 2.45) is 0 Å². The minimum absolute atomic E-state index is 0.145. The van der Waals surface area contributed by atoms with Crippen molar-refractivity contribution in [3.8, 4) is 28.4 Å². The standard InChI is InChI=1S/C31H33FN2O5/c1-18(2)39-27-9-5-19(20-6-10-28(37-3)29(14-20)38-4)13-23(27)30(36)34-31(17-35)12-11-26-24(16-31)22-15-21(32)7-8-25(22)33-26/h5-10,13-15,18,33,35H,11-12,16-17H2,1-4H3,(H,34,36). The van der Waals surface area contributed by atoms with E-state index in [1.54, 1.807) is 32.4 Å². The number of aromatic amines is 1. The van der Waals surface area contributed by atoms with E-state index in [2.05, 4.69) is 10.3 Å². The summed E-state index contributed by atoms with van der Waals surface area (Å²) >= 11 is 0. The first-order chi connectivity index (χ1) is 18.8. The van der Waals surface area contributed by atoms with E-state index >= 15 is 0 Å². The zero-order valence-electron chi connectivity index (χ0n) is 22.6. The van der Waals surface area contributed by atoms with Crippen molar-refractivity contribution in [3.05, 3.63) is 77.2 Å². The van der Waals surface area contributed by atoms with Crippen LogP contribution in [0.4, 0.5) is 4.39 Å². The molecule has 4 aromatic rings. The van der Waals surface area contributed by atoms with Gasteiger partial charge in [-0.1, -0.05) is 12.1 Å². The summed E-state index contributed by atoms with van der Waals surface area (Å²) in [6.45, 7) is 3.55. The fourth-order valence-electron chi connectivity index (χ4n) is 5.33. The molecule has 0 fully saturated rings. The number of amides is 1. The Morgan fingerprint density at radius 1 is 1.03 bits per heavy atom. The molecule has 1 heterocycles. The Morgan fingerprint density at radius 3 is 2.44 bits per heavy atom. The highest BCUT2D eigenvalue weighted by atomic mass is 19.1. The van der Waals surface area contributed by atoms with Crippen LogP contribution in [0.15, 0.2) is 54.6 Å². The third-order valence-corrected chi connectivity index (χ3v) is 7.31. The van der Waals surface area contributed by atoms with Crippen molar-refractivity contribution < 1.29 is 28.5 Å². The van der Waals surface area contributed by atoms with Crippen LogP contribution in [0.25, 0.3) is 22.0 Å². The van der Waals surface area contributed by atoms with Gasteiger partial charge < -0.3 is 29.6 Å². The third kappa shape index (κ3) is 5.16. The number of aromatic nitrogens is 1. The second-order valence-corrected chi connectivity index (χ2v) is 10.3. The molecule has 7 nitrogen and oxygen atoms in total. The van der Waals surface area contributed by atoms with Crippen LogP contribution in [-0.4, -0.2) is 48.5 Å². The number of aliphatic hydroxyl groups excluding tert-OH is 1. The van der Waals surface area contributed by atoms with Gasteiger partial charge in [0, 0.05) is 23.0 Å². The lowest BCUT2D eigenvalue weighted by molar-refractivity contribution is 0.0803. The molecule has 1 atom stereocenters. The molecule has 1 aliphatic carbocycles. The zero-order valence-corrected chi connectivity index (χ0v) is 22.6. The average Bonchev–Trinajstić information content (AvgIpc) is 3.29. The largest absolute Gasteiger partial charge is 0.493 e. The molecule has 0 saturated carbocycles. The molecular weight excluding hydrogens is 499 g/mol. The molecule has 39 heavy (non-hydrogen) atoms. The molecule has 5 rings (SSSR count). The van der Waals surface area contributed by atoms with Gasteiger partial charge in [-0.3, -0.25) is 4.79 Å². The van der Waals surface area contributed by atoms with Crippen LogP contribution in [0.2, 0.25) is 0 Å². The maximum atomic E-state index is 14.0. The number of benzene rings is 3. The van der Waals surface area contributed by atoms with Gasteiger partial charge in [0.2, 0.25) is 0 Å². The molecule has 0 spiro atoms. The van der Waals surface area contributed by atoms with Crippen molar-refractivity contribution in [2.45, 2.75) is 44.8 Å². The second kappa shape index (κ2) is 10.6. The number of halogens is 1. The molecule has 0 bridgehead atoms. The van der Waals surface area contributed by atoms with Gasteiger partial charge in [-0.15, -0.1) is 0 Å². The van der Waals surface area contributed by atoms with E-state index in [1.807, 2.05) is 38.1 Å². The lowest BCUT2D eigenvalue weighted by Crippen LogP contribution is -2.54. The normalized spacial score (nSPS) is 16.7. The van der Waals surface area contributed by atoms with E-state index in [9.17, 15) is 14.3 Å². The van der Waals surface area contributed by atoms with Gasteiger partial charge in [-0.05, 0) is 85.8 Å². The Kier molecular flexibility index (Phi) is 7.23. The maximum Gasteiger partial charge on any atom is 0.255 e. The lowest BCUT2D eigenvalue weighted by Gasteiger charge is -2.37. The van der Waals surface area contributed by atoms with Crippen molar-refractivity contribution in [1.29, 1.82) is 0 Å². The van der Waals surface area contributed by atoms with Crippen LogP contribution in [0.3, 0.4) is 0 Å². The van der Waals surface area contributed by atoms with E-state index in [4.69, 9.17) is 14.2 Å². The number of nitrogens with one attached hydrogen (secondary N) is 2. The fourth-order valence-corrected chi connectivity index (χ4v) is 5.33. The van der Waals surface area contributed by atoms with E-state index < -0.39 is 5.54 Å². The predicted octanol–water partition coefficient (Wildman–Crippen LogP) is 5.43. The Morgan fingerprint density at radius 2 is 1.74 bits per heavy atom. The van der Waals surface area contributed by atoms with E-state index in [0.717, 1.165) is 33.3 Å². The SMILES string of the molecule is COc1ccc(-c2ccc(OC(C)C)c(C(=O)NC3(CO)CCc4[nH]c5ccc(F)cc5c4C3)c2)cc1OC. The van der Waals surface area contributed by atoms with Gasteiger partial charge in [-0.25, -0.2) is 4.39 Å². The maximum absolute atomic E-state index is 14.0. The predicted molar refractivity (Wildman–Crippen MR) is 148 cm³/mol. The van der Waals surface area contributed by atoms with Crippen molar-refractivity contribution in [1.82, 2.24) is 10.3 Å². The Bertz CT molecular complexity index is 1530. The quantitative estimate of drug-likeness (QED) is 0.282. The minimum atomic E-state index is -0.903. The second-order valence-electron chi connectivity index (χ2n) is 10.3. The highest BCUT2D eigenvalue weighted by Gasteiger charge is 2.38. The van der Waals surface area contributed by atoms with Crippen LogP contribution < -0.4 is 19.5 Å². The van der Waals surface area contributed by atoms with Crippen LogP contribution >= 0.6 is 0 Å². The number of aryl methyl sites for hydroxylation is 1. The van der Waals surface area contributed by atoms with Crippen LogP contribution in [0.1, 0.15) is 41.9 Å². The molecule has 204 valence electrons. The fraction of sp³-hybridized carbons (Fsp3) is 0.323. The first-order valence-corrected chi connectivity index (χ1v) is 13.0. The molecule has 3 aromatic carbocycles. The highest BCUT2D eigenvalue weighted by Crippen LogP contribution is 2.37. The van der Waals surface area contributed by atoms with Crippen LogP contribution in [0.5, 0.6) is 17.2 Å². The van der Waals surface area contributed by atoms with Gasteiger partial charge in [0.25, 0.3) is 5.91 Å². The highest BCUT2D eigenvalue weighted by molar-refractivity contribution is 5.99. The number of fused-ring (bicyclic) bond motifs is 3. The third-order valence-electron chi connectivity index (χ3n) is 7.31. The minimum Gasteiger partial charge on any atom is -0.493 e. The molecule has 0 aliphatic heterocycles. The van der Waals surface area contributed by atoms with E-state index in [0.29, 0.717) is 42.1 Å². The summed E-state index contributed by atoms with van der Waals surface area (Å²) in [7, 11) is 3.15. The zero-order chi connectivity index (χ0) is 27.7. The van der Waals surface area contributed by atoms with Crippen molar-refractivity contribution in [2.75, 3.05) is 20.8 Å². The van der Waals surface area contributed by atoms with Gasteiger partial charge >= 0.3 is 0 Å². The van der Waals surface area contributed by atoms with Gasteiger partial charge in [0.15, 0.2) is 11.5 Å². The molecule has 0 saturated heterocycles. The number of aliphatic hydroxyl groups is 1. The number of ether oxygens (including phenoxy) is 3. The average molecular weight is 533 g/mol. The molecular formula is C31H33FN2O5. The molecule has 1 unspecified atom stereocenters. The number of carbonyl (C=O) groups is 1. The van der Waals surface area contributed by atoms with E-state index in [1.165, 1.54) is 12.1 Å². The van der Waals surface area contributed by atoms with Crippen LogP contribution in [-0.2, 0) is 12.8 Å². The van der Waals surface area contributed by atoms with Crippen LogP contribution in [0, 0.1) is 5.82 Å². The molecule has 3 N–H and O–H groups in total. The summed E-state index contributed by atoms with van der Waals surface area (Å²) in [5.74, 6) is 0.964. The van der Waals surface area contributed by atoms with Crippen molar-refractivity contribution >= 4 is 16.8 Å². The Labute approximate surface area is 226 Å². The van der Waals surface area contributed by atoms with Gasteiger partial charge in [0.1, 0.15) is 11.6 Å². The number of rotatable bonds is 8. The molecule has 1 amide bonds. The number of carbonyl (C=O) groups excluding carboxylic acids is 1. The number of hydrogen-bond donors (Lipinski definition) is 3. The van der Waals surface area contributed by atoms with Crippen molar-refractivity contribution in [3.63, 3.8) is 0 Å².